The lowest BCUT2D eigenvalue weighted by molar-refractivity contribution is 0.953. The fourth-order valence-electron chi connectivity index (χ4n) is 1.72. The lowest BCUT2D eigenvalue weighted by Gasteiger charge is -2.07. The number of anilines is 2. The first kappa shape index (κ1) is 10.8. The molecular formula is C12H9N5S. The predicted octanol–water partition coefficient (Wildman–Crippen LogP) is 2.83. The Balaban J connectivity index is 2.07. The highest BCUT2D eigenvalue weighted by molar-refractivity contribution is 7.71. The van der Waals surface area contributed by atoms with Crippen LogP contribution in [0.15, 0.2) is 42.7 Å². The van der Waals surface area contributed by atoms with Gasteiger partial charge in [0, 0.05) is 11.6 Å². The van der Waals surface area contributed by atoms with Crippen molar-refractivity contribution in [1.29, 1.82) is 0 Å². The molecule has 2 heterocycles. The maximum Gasteiger partial charge on any atom is 0.215 e. The number of nitrogens with zero attached hydrogens (tertiary/aromatic N) is 3. The fraction of sp³-hybridized carbons (Fsp3) is 0. The quantitative estimate of drug-likeness (QED) is 0.689. The molecule has 0 unspecified atom stereocenters. The van der Waals surface area contributed by atoms with Crippen molar-refractivity contribution in [1.82, 2.24) is 20.2 Å². The molecule has 0 amide bonds. The van der Waals surface area contributed by atoms with Crippen LogP contribution in [0.1, 0.15) is 0 Å². The number of aromatic amines is 1. The van der Waals surface area contributed by atoms with Gasteiger partial charge in [-0.25, -0.2) is 0 Å². The van der Waals surface area contributed by atoms with Gasteiger partial charge in [-0.05, 0) is 24.4 Å². The summed E-state index contributed by atoms with van der Waals surface area (Å²) in [6.45, 7) is 0. The average Bonchev–Trinajstić information content (AvgIpc) is 2.39. The van der Waals surface area contributed by atoms with E-state index >= 15 is 0 Å². The number of rotatable bonds is 2. The van der Waals surface area contributed by atoms with Gasteiger partial charge in [0.25, 0.3) is 0 Å². The monoisotopic (exact) mass is 255 g/mol. The molecule has 0 aliphatic rings. The van der Waals surface area contributed by atoms with Crippen molar-refractivity contribution >= 4 is 34.6 Å². The molecule has 0 spiro atoms. The number of nitrogens with one attached hydrogen (secondary N) is 2. The number of benzene rings is 1. The van der Waals surface area contributed by atoms with E-state index in [1.807, 2.05) is 30.3 Å². The Morgan fingerprint density at radius 3 is 2.94 bits per heavy atom. The average molecular weight is 255 g/mol. The van der Waals surface area contributed by atoms with Gasteiger partial charge in [-0.3, -0.25) is 10.1 Å². The predicted molar refractivity (Wildman–Crippen MR) is 72.2 cm³/mol. The third kappa shape index (κ3) is 2.05. The summed E-state index contributed by atoms with van der Waals surface area (Å²) in [5.41, 5.74) is 1.77. The molecule has 1 aromatic carbocycles. The largest absolute Gasteiger partial charge is 0.337 e. The number of pyridine rings is 1. The van der Waals surface area contributed by atoms with Gasteiger partial charge in [0.2, 0.25) is 4.77 Å². The van der Waals surface area contributed by atoms with E-state index in [4.69, 9.17) is 12.2 Å². The Morgan fingerprint density at radius 2 is 2.06 bits per heavy atom. The van der Waals surface area contributed by atoms with Gasteiger partial charge < -0.3 is 5.32 Å². The summed E-state index contributed by atoms with van der Waals surface area (Å²) in [7, 11) is 0. The van der Waals surface area contributed by atoms with Crippen LogP contribution in [0.4, 0.5) is 11.5 Å². The molecule has 0 aliphatic heterocycles. The Labute approximate surface area is 108 Å². The van der Waals surface area contributed by atoms with Gasteiger partial charge >= 0.3 is 0 Å². The van der Waals surface area contributed by atoms with Crippen LogP contribution in [0.5, 0.6) is 0 Å². The Hall–Kier alpha value is -2.34. The highest BCUT2D eigenvalue weighted by Gasteiger charge is 2.02. The zero-order valence-electron chi connectivity index (χ0n) is 9.29. The molecule has 0 saturated heterocycles. The molecule has 2 N–H and O–H groups in total. The van der Waals surface area contributed by atoms with Crippen LogP contribution in [0.3, 0.4) is 0 Å². The molecule has 5 nitrogen and oxygen atoms in total. The summed E-state index contributed by atoms with van der Waals surface area (Å²) in [4.78, 5) is 8.49. The van der Waals surface area contributed by atoms with E-state index in [-0.39, 0.29) is 0 Å². The van der Waals surface area contributed by atoms with Gasteiger partial charge in [0.05, 0.1) is 17.4 Å². The second-order valence-electron chi connectivity index (χ2n) is 3.68. The summed E-state index contributed by atoms with van der Waals surface area (Å²) in [5, 5.41) is 10.7. The van der Waals surface area contributed by atoms with Crippen molar-refractivity contribution in [2.45, 2.75) is 0 Å². The summed E-state index contributed by atoms with van der Waals surface area (Å²) >= 11 is 4.93. The maximum atomic E-state index is 4.93. The van der Waals surface area contributed by atoms with Gasteiger partial charge in [-0.2, -0.15) is 10.1 Å². The lowest BCUT2D eigenvalue weighted by Crippen LogP contribution is -1.97. The Bertz CT molecular complexity index is 747. The molecule has 0 radical (unpaired) electrons. The molecule has 0 aliphatic carbocycles. The normalized spacial score (nSPS) is 10.4. The molecule has 0 saturated carbocycles. The van der Waals surface area contributed by atoms with Gasteiger partial charge in [0.15, 0.2) is 5.82 Å². The molecule has 88 valence electrons. The van der Waals surface area contributed by atoms with Crippen LogP contribution in [0.2, 0.25) is 0 Å². The standard InChI is InChI=1S/C12H9N5S/c18-12-16-10(7-14-17-12)15-9-5-1-3-8-4-2-6-13-11(8)9/h1-7H,(H2,15,16,17,18). The molecule has 6 heteroatoms. The summed E-state index contributed by atoms with van der Waals surface area (Å²) in [6, 6.07) is 9.83. The van der Waals surface area contributed by atoms with E-state index < -0.39 is 0 Å². The second kappa shape index (κ2) is 4.50. The van der Waals surface area contributed by atoms with Gasteiger partial charge in [-0.15, -0.1) is 0 Å². The van der Waals surface area contributed by atoms with E-state index in [9.17, 15) is 0 Å². The summed E-state index contributed by atoms with van der Waals surface area (Å²) in [6.07, 6.45) is 3.34. The van der Waals surface area contributed by atoms with Crippen LogP contribution >= 0.6 is 12.2 Å². The number of para-hydroxylation sites is 1. The number of hydrogen-bond acceptors (Lipinski definition) is 5. The number of H-pyrrole nitrogens is 1. The Kier molecular flexibility index (Phi) is 2.70. The van der Waals surface area contributed by atoms with Gasteiger partial charge in [-0.1, -0.05) is 18.2 Å². The Morgan fingerprint density at radius 1 is 1.17 bits per heavy atom. The van der Waals surface area contributed by atoms with Crippen LogP contribution in [-0.2, 0) is 0 Å². The van der Waals surface area contributed by atoms with Crippen LogP contribution < -0.4 is 5.32 Å². The van der Waals surface area contributed by atoms with E-state index in [2.05, 4.69) is 25.5 Å². The minimum absolute atomic E-state index is 0.341. The molecule has 0 fully saturated rings. The van der Waals surface area contributed by atoms with Crippen molar-refractivity contribution in [3.05, 3.63) is 47.5 Å². The summed E-state index contributed by atoms with van der Waals surface area (Å²) < 4.78 is 0.341. The molecular weight excluding hydrogens is 246 g/mol. The highest BCUT2D eigenvalue weighted by Crippen LogP contribution is 2.22. The third-order valence-corrected chi connectivity index (χ3v) is 2.65. The summed E-state index contributed by atoms with van der Waals surface area (Å²) in [5.74, 6) is 0.594. The van der Waals surface area contributed by atoms with Crippen molar-refractivity contribution in [3.8, 4) is 0 Å². The van der Waals surface area contributed by atoms with E-state index in [1.165, 1.54) is 0 Å². The minimum Gasteiger partial charge on any atom is -0.337 e. The molecule has 0 bridgehead atoms. The van der Waals surface area contributed by atoms with E-state index in [1.54, 1.807) is 12.4 Å². The van der Waals surface area contributed by atoms with Crippen molar-refractivity contribution in [2.24, 2.45) is 0 Å². The number of fused-ring (bicyclic) bond motifs is 1. The number of hydrogen-bond donors (Lipinski definition) is 2. The van der Waals surface area contributed by atoms with E-state index in [0.29, 0.717) is 10.6 Å². The van der Waals surface area contributed by atoms with Crippen LogP contribution in [0.25, 0.3) is 10.9 Å². The molecule has 0 atom stereocenters. The third-order valence-electron chi connectivity index (χ3n) is 2.46. The van der Waals surface area contributed by atoms with Crippen molar-refractivity contribution in [3.63, 3.8) is 0 Å². The van der Waals surface area contributed by atoms with Crippen molar-refractivity contribution in [2.75, 3.05) is 5.32 Å². The van der Waals surface area contributed by atoms with E-state index in [0.717, 1.165) is 16.6 Å². The second-order valence-corrected chi connectivity index (χ2v) is 4.06. The molecule has 3 rings (SSSR count). The van der Waals surface area contributed by atoms with Crippen LogP contribution in [-0.4, -0.2) is 20.2 Å². The minimum atomic E-state index is 0.341. The first-order valence-corrected chi connectivity index (χ1v) is 5.76. The van der Waals surface area contributed by atoms with Crippen molar-refractivity contribution < 1.29 is 0 Å². The SMILES string of the molecule is S=c1nc(Nc2cccc3cccnc23)cn[nH]1. The first-order valence-electron chi connectivity index (χ1n) is 5.35. The molecule has 3 aromatic rings. The zero-order valence-corrected chi connectivity index (χ0v) is 10.1. The zero-order chi connectivity index (χ0) is 12.4. The lowest BCUT2D eigenvalue weighted by atomic mass is 10.2. The van der Waals surface area contributed by atoms with Gasteiger partial charge in [0.1, 0.15) is 0 Å². The number of aromatic nitrogens is 4. The smallest absolute Gasteiger partial charge is 0.215 e. The van der Waals surface area contributed by atoms with Crippen LogP contribution in [0, 0.1) is 4.77 Å². The highest BCUT2D eigenvalue weighted by atomic mass is 32.1. The fourth-order valence-corrected chi connectivity index (χ4v) is 1.87. The molecule has 2 aromatic heterocycles. The first-order chi connectivity index (χ1) is 8.83. The topological polar surface area (TPSA) is 66.5 Å². The maximum absolute atomic E-state index is 4.93. The molecule has 18 heavy (non-hydrogen) atoms.